The van der Waals surface area contributed by atoms with Gasteiger partial charge in [0.05, 0.1) is 0 Å². The first-order chi connectivity index (χ1) is 11.7. The number of aryl methyl sites for hydroxylation is 1. The van der Waals surface area contributed by atoms with Crippen molar-refractivity contribution in [2.24, 2.45) is 0 Å². The molecule has 0 atom stereocenters. The lowest BCUT2D eigenvalue weighted by molar-refractivity contribution is -0.135. The van der Waals surface area contributed by atoms with E-state index in [4.69, 9.17) is 4.74 Å². The van der Waals surface area contributed by atoms with Crippen molar-refractivity contribution in [2.45, 2.75) is 13.5 Å². The van der Waals surface area contributed by atoms with Crippen molar-refractivity contribution in [3.05, 3.63) is 65.7 Å². The molecular formula is C20H24N2O2. The molecule has 1 aliphatic heterocycles. The first-order valence-corrected chi connectivity index (χ1v) is 8.45. The molecule has 0 saturated carbocycles. The van der Waals surface area contributed by atoms with Crippen LogP contribution in [0.5, 0.6) is 5.75 Å². The lowest BCUT2D eigenvalue weighted by Gasteiger charge is -2.35. The second kappa shape index (κ2) is 7.97. The molecule has 0 aliphatic carbocycles. The highest BCUT2D eigenvalue weighted by atomic mass is 16.5. The number of carbonyl (C=O) groups is 1. The largest absolute Gasteiger partial charge is 0.484 e. The molecule has 1 heterocycles. The van der Waals surface area contributed by atoms with Crippen LogP contribution in [0.1, 0.15) is 11.1 Å². The van der Waals surface area contributed by atoms with Gasteiger partial charge in [0.1, 0.15) is 5.75 Å². The van der Waals surface area contributed by atoms with Crippen LogP contribution in [0.15, 0.2) is 54.6 Å². The lowest BCUT2D eigenvalue weighted by Crippen LogP contribution is -2.49. The van der Waals surface area contributed by atoms with Crippen molar-refractivity contribution in [3.63, 3.8) is 0 Å². The standard InChI is InChI=1S/C20H24N2O2/c1-17-7-5-6-8-18(17)15-21-11-13-22(14-12-21)20(23)16-24-19-9-3-2-4-10-19/h2-10H,11-16H2,1H3. The third kappa shape index (κ3) is 4.36. The van der Waals surface area contributed by atoms with Crippen LogP contribution in [0.4, 0.5) is 0 Å². The third-order valence-corrected chi connectivity index (χ3v) is 4.49. The highest BCUT2D eigenvalue weighted by Crippen LogP contribution is 2.13. The summed E-state index contributed by atoms with van der Waals surface area (Å²) in [6, 6.07) is 18.0. The van der Waals surface area contributed by atoms with Gasteiger partial charge in [-0.25, -0.2) is 0 Å². The van der Waals surface area contributed by atoms with Crippen molar-refractivity contribution in [1.82, 2.24) is 9.80 Å². The average molecular weight is 324 g/mol. The number of para-hydroxylation sites is 1. The van der Waals surface area contributed by atoms with Crippen molar-refractivity contribution in [2.75, 3.05) is 32.8 Å². The summed E-state index contributed by atoms with van der Waals surface area (Å²) in [6.07, 6.45) is 0. The van der Waals surface area contributed by atoms with Gasteiger partial charge in [-0.2, -0.15) is 0 Å². The van der Waals surface area contributed by atoms with E-state index in [1.54, 1.807) is 0 Å². The number of ether oxygens (including phenoxy) is 1. The van der Waals surface area contributed by atoms with E-state index in [0.717, 1.165) is 38.5 Å². The van der Waals surface area contributed by atoms with Gasteiger partial charge >= 0.3 is 0 Å². The van der Waals surface area contributed by atoms with E-state index in [0.29, 0.717) is 0 Å². The summed E-state index contributed by atoms with van der Waals surface area (Å²) in [6.45, 7) is 6.57. The number of hydrogen-bond acceptors (Lipinski definition) is 3. The minimum absolute atomic E-state index is 0.0643. The zero-order valence-electron chi connectivity index (χ0n) is 14.1. The summed E-state index contributed by atoms with van der Waals surface area (Å²) in [5.74, 6) is 0.804. The molecule has 4 heteroatoms. The maximum absolute atomic E-state index is 12.3. The normalized spacial score (nSPS) is 15.3. The van der Waals surface area contributed by atoms with Crippen LogP contribution in [0.3, 0.4) is 0 Å². The Morgan fingerprint density at radius 1 is 0.958 bits per heavy atom. The van der Waals surface area contributed by atoms with Gasteiger partial charge in [-0.1, -0.05) is 42.5 Å². The Morgan fingerprint density at radius 2 is 1.62 bits per heavy atom. The predicted octanol–water partition coefficient (Wildman–Crippen LogP) is 2.72. The van der Waals surface area contributed by atoms with E-state index < -0.39 is 0 Å². The molecule has 0 radical (unpaired) electrons. The summed E-state index contributed by atoms with van der Waals surface area (Å²) >= 11 is 0. The molecule has 0 bridgehead atoms. The Morgan fingerprint density at radius 3 is 2.33 bits per heavy atom. The summed E-state index contributed by atoms with van der Waals surface area (Å²) in [7, 11) is 0. The maximum Gasteiger partial charge on any atom is 0.260 e. The third-order valence-electron chi connectivity index (χ3n) is 4.49. The van der Waals surface area contributed by atoms with E-state index in [9.17, 15) is 4.79 Å². The second-order valence-electron chi connectivity index (χ2n) is 6.19. The fourth-order valence-electron chi connectivity index (χ4n) is 2.94. The number of hydrogen-bond donors (Lipinski definition) is 0. The van der Waals surface area contributed by atoms with Crippen LogP contribution in [-0.2, 0) is 11.3 Å². The van der Waals surface area contributed by atoms with Crippen LogP contribution in [-0.4, -0.2) is 48.5 Å². The van der Waals surface area contributed by atoms with Crippen LogP contribution >= 0.6 is 0 Å². The van der Waals surface area contributed by atoms with Gasteiger partial charge in [-0.15, -0.1) is 0 Å². The molecule has 0 aromatic heterocycles. The van der Waals surface area contributed by atoms with Gasteiger partial charge in [-0.3, -0.25) is 9.69 Å². The van der Waals surface area contributed by atoms with Crippen LogP contribution < -0.4 is 4.74 Å². The highest BCUT2D eigenvalue weighted by Gasteiger charge is 2.21. The molecule has 1 amide bonds. The van der Waals surface area contributed by atoms with Crippen LogP contribution in [0.2, 0.25) is 0 Å². The van der Waals surface area contributed by atoms with Crippen molar-refractivity contribution in [3.8, 4) is 5.75 Å². The molecule has 1 fully saturated rings. The topological polar surface area (TPSA) is 32.8 Å². The van der Waals surface area contributed by atoms with Gasteiger partial charge < -0.3 is 9.64 Å². The number of piperazine rings is 1. The molecule has 0 spiro atoms. The predicted molar refractivity (Wildman–Crippen MR) is 95.0 cm³/mol. The SMILES string of the molecule is Cc1ccccc1CN1CCN(C(=O)COc2ccccc2)CC1. The Balaban J connectivity index is 1.44. The molecule has 0 unspecified atom stereocenters. The monoisotopic (exact) mass is 324 g/mol. The Hall–Kier alpha value is -2.33. The van der Waals surface area contributed by atoms with E-state index in [1.165, 1.54) is 11.1 Å². The molecule has 1 aliphatic rings. The van der Waals surface area contributed by atoms with Crippen LogP contribution in [0.25, 0.3) is 0 Å². The second-order valence-corrected chi connectivity index (χ2v) is 6.19. The zero-order valence-corrected chi connectivity index (χ0v) is 14.1. The molecule has 4 nitrogen and oxygen atoms in total. The minimum Gasteiger partial charge on any atom is -0.484 e. The maximum atomic E-state index is 12.3. The molecular weight excluding hydrogens is 300 g/mol. The van der Waals surface area contributed by atoms with Gasteiger partial charge in [0.25, 0.3) is 5.91 Å². The van der Waals surface area contributed by atoms with Crippen LogP contribution in [0, 0.1) is 6.92 Å². The van der Waals surface area contributed by atoms with E-state index in [-0.39, 0.29) is 12.5 Å². The number of carbonyl (C=O) groups excluding carboxylic acids is 1. The number of amides is 1. The molecule has 2 aromatic rings. The quantitative estimate of drug-likeness (QED) is 0.848. The van der Waals surface area contributed by atoms with Gasteiger partial charge in [0.15, 0.2) is 6.61 Å². The fourth-order valence-corrected chi connectivity index (χ4v) is 2.94. The number of benzene rings is 2. The Bertz CT molecular complexity index is 664. The average Bonchev–Trinajstić information content (AvgIpc) is 2.63. The summed E-state index contributed by atoms with van der Waals surface area (Å²) in [5.41, 5.74) is 2.69. The van der Waals surface area contributed by atoms with E-state index in [1.807, 2.05) is 35.2 Å². The molecule has 2 aromatic carbocycles. The van der Waals surface area contributed by atoms with E-state index >= 15 is 0 Å². The Kier molecular flexibility index (Phi) is 5.49. The van der Waals surface area contributed by atoms with Gasteiger partial charge in [-0.05, 0) is 30.2 Å². The summed E-state index contributed by atoms with van der Waals surface area (Å²) in [5, 5.41) is 0. The fraction of sp³-hybridized carbons (Fsp3) is 0.350. The highest BCUT2D eigenvalue weighted by molar-refractivity contribution is 5.77. The minimum atomic E-state index is 0.0643. The smallest absolute Gasteiger partial charge is 0.260 e. The first kappa shape index (κ1) is 16.5. The van der Waals surface area contributed by atoms with Gasteiger partial charge in [0.2, 0.25) is 0 Å². The van der Waals surface area contributed by atoms with E-state index in [2.05, 4.69) is 36.1 Å². The van der Waals surface area contributed by atoms with Crippen molar-refractivity contribution >= 4 is 5.91 Å². The lowest BCUT2D eigenvalue weighted by atomic mass is 10.1. The van der Waals surface area contributed by atoms with Crippen molar-refractivity contribution in [1.29, 1.82) is 0 Å². The Labute approximate surface area is 143 Å². The van der Waals surface area contributed by atoms with Gasteiger partial charge in [0, 0.05) is 32.7 Å². The first-order valence-electron chi connectivity index (χ1n) is 8.45. The summed E-state index contributed by atoms with van der Waals surface area (Å²) < 4.78 is 5.55. The number of nitrogens with zero attached hydrogens (tertiary/aromatic N) is 2. The molecule has 24 heavy (non-hydrogen) atoms. The summed E-state index contributed by atoms with van der Waals surface area (Å²) in [4.78, 5) is 16.6. The zero-order chi connectivity index (χ0) is 16.8. The molecule has 3 rings (SSSR count). The molecule has 1 saturated heterocycles. The number of rotatable bonds is 5. The van der Waals surface area contributed by atoms with Crippen molar-refractivity contribution < 1.29 is 9.53 Å². The molecule has 126 valence electrons. The molecule has 0 N–H and O–H groups in total.